The highest BCUT2D eigenvalue weighted by molar-refractivity contribution is 5.48. The molecule has 3 aliphatic rings. The minimum Gasteiger partial charge on any atom is -0.371 e. The fourth-order valence-electron chi connectivity index (χ4n) is 4.95. The smallest absolute Gasteiger partial charge is 0.0366 e. The van der Waals surface area contributed by atoms with Crippen LogP contribution in [0, 0.1) is 18.3 Å². The summed E-state index contributed by atoms with van der Waals surface area (Å²) in [5.74, 6) is 0.950. The molecule has 1 aromatic rings. The van der Waals surface area contributed by atoms with Gasteiger partial charge in [-0.05, 0) is 76.2 Å². The number of benzene rings is 1. The first-order valence-electron chi connectivity index (χ1n) is 9.84. The van der Waals surface area contributed by atoms with Crippen LogP contribution in [0.2, 0.25) is 0 Å². The summed E-state index contributed by atoms with van der Waals surface area (Å²) in [6, 6.07) is 9.07. The molecule has 3 heteroatoms. The van der Waals surface area contributed by atoms with Crippen molar-refractivity contribution in [2.75, 3.05) is 57.8 Å². The first-order chi connectivity index (χ1) is 11.6. The summed E-state index contributed by atoms with van der Waals surface area (Å²) < 4.78 is 0. The second-order valence-corrected chi connectivity index (χ2v) is 8.74. The van der Waals surface area contributed by atoms with Crippen LogP contribution in [-0.2, 0) is 0 Å². The Kier molecular flexibility index (Phi) is 4.57. The molecule has 0 aromatic heterocycles. The lowest BCUT2D eigenvalue weighted by molar-refractivity contribution is -0.0320. The van der Waals surface area contributed by atoms with Crippen molar-refractivity contribution < 1.29 is 0 Å². The van der Waals surface area contributed by atoms with Crippen molar-refractivity contribution in [3.63, 3.8) is 0 Å². The molecule has 0 amide bonds. The van der Waals surface area contributed by atoms with Gasteiger partial charge in [0.05, 0.1) is 0 Å². The molecule has 24 heavy (non-hydrogen) atoms. The van der Waals surface area contributed by atoms with Gasteiger partial charge in [0, 0.05) is 38.4 Å². The molecule has 3 saturated heterocycles. The monoisotopic (exact) mass is 327 g/mol. The minimum absolute atomic E-state index is 0.645. The molecule has 0 unspecified atom stereocenters. The Morgan fingerprint density at radius 3 is 2.21 bits per heavy atom. The first-order valence-corrected chi connectivity index (χ1v) is 9.84. The van der Waals surface area contributed by atoms with E-state index in [-0.39, 0.29) is 0 Å². The van der Waals surface area contributed by atoms with E-state index in [9.17, 15) is 0 Å². The highest BCUT2D eigenvalue weighted by Gasteiger charge is 2.45. The average molecular weight is 328 g/mol. The molecule has 132 valence electrons. The maximum atomic E-state index is 2.75. The summed E-state index contributed by atoms with van der Waals surface area (Å²) in [6.45, 7) is 11.3. The third kappa shape index (κ3) is 3.48. The van der Waals surface area contributed by atoms with Crippen LogP contribution in [0.25, 0.3) is 0 Å². The summed E-state index contributed by atoms with van der Waals surface area (Å²) in [6.07, 6.45) is 5.57. The molecule has 3 fully saturated rings. The van der Waals surface area contributed by atoms with E-state index in [0.717, 1.165) is 5.92 Å². The van der Waals surface area contributed by atoms with Gasteiger partial charge < -0.3 is 14.7 Å². The van der Waals surface area contributed by atoms with Gasteiger partial charge in [-0.3, -0.25) is 0 Å². The zero-order valence-electron chi connectivity index (χ0n) is 15.5. The second kappa shape index (κ2) is 6.68. The molecule has 3 nitrogen and oxygen atoms in total. The Balaban J connectivity index is 1.23. The predicted molar refractivity (Wildman–Crippen MR) is 102 cm³/mol. The molecule has 3 heterocycles. The number of aryl methyl sites for hydroxylation is 1. The van der Waals surface area contributed by atoms with Gasteiger partial charge >= 0.3 is 0 Å². The topological polar surface area (TPSA) is 9.72 Å². The zero-order chi connectivity index (χ0) is 16.6. The second-order valence-electron chi connectivity index (χ2n) is 8.74. The Hall–Kier alpha value is -1.06. The fraction of sp³-hybridized carbons (Fsp3) is 0.714. The maximum absolute atomic E-state index is 2.75. The molecular weight excluding hydrogens is 294 g/mol. The van der Waals surface area contributed by atoms with E-state index < -0.39 is 0 Å². The molecule has 0 radical (unpaired) electrons. The van der Waals surface area contributed by atoms with Crippen LogP contribution in [0.1, 0.15) is 31.2 Å². The summed E-state index contributed by atoms with van der Waals surface area (Å²) in [7, 11) is 2.26. The van der Waals surface area contributed by atoms with Crippen LogP contribution in [-0.4, -0.2) is 62.7 Å². The summed E-state index contributed by atoms with van der Waals surface area (Å²) >= 11 is 0. The van der Waals surface area contributed by atoms with Crippen LogP contribution < -0.4 is 4.90 Å². The normalized spacial score (nSPS) is 25.8. The van der Waals surface area contributed by atoms with Gasteiger partial charge in [0.25, 0.3) is 0 Å². The summed E-state index contributed by atoms with van der Waals surface area (Å²) in [5, 5.41) is 0. The molecule has 1 aromatic carbocycles. The van der Waals surface area contributed by atoms with Crippen molar-refractivity contribution in [1.82, 2.24) is 9.80 Å². The van der Waals surface area contributed by atoms with Crippen molar-refractivity contribution in [3.8, 4) is 0 Å². The first kappa shape index (κ1) is 16.4. The average Bonchev–Trinajstić information content (AvgIpc) is 2.57. The largest absolute Gasteiger partial charge is 0.371 e. The SMILES string of the molecule is Cc1ccc(N2CCC3(CC2)CN(CC2CCN(C)CC2)C3)cc1. The molecule has 1 spiro atoms. The third-order valence-corrected chi connectivity index (χ3v) is 6.70. The molecule has 0 saturated carbocycles. The number of nitrogens with zero attached hydrogens (tertiary/aromatic N) is 3. The Morgan fingerprint density at radius 1 is 0.958 bits per heavy atom. The van der Waals surface area contributed by atoms with Crippen molar-refractivity contribution in [2.45, 2.75) is 32.6 Å². The van der Waals surface area contributed by atoms with Gasteiger partial charge in [-0.1, -0.05) is 17.7 Å². The molecule has 0 atom stereocenters. The number of rotatable bonds is 3. The van der Waals surface area contributed by atoms with E-state index in [1.165, 1.54) is 82.7 Å². The van der Waals surface area contributed by atoms with Crippen LogP contribution in [0.5, 0.6) is 0 Å². The van der Waals surface area contributed by atoms with E-state index in [1.54, 1.807) is 0 Å². The Bertz CT molecular complexity index is 529. The quantitative estimate of drug-likeness (QED) is 0.844. The van der Waals surface area contributed by atoms with Crippen LogP contribution >= 0.6 is 0 Å². The van der Waals surface area contributed by atoms with Gasteiger partial charge in [-0.15, -0.1) is 0 Å². The van der Waals surface area contributed by atoms with Crippen LogP contribution in [0.4, 0.5) is 5.69 Å². The lowest BCUT2D eigenvalue weighted by atomic mass is 9.71. The third-order valence-electron chi connectivity index (χ3n) is 6.70. The van der Waals surface area contributed by atoms with Gasteiger partial charge in [-0.2, -0.15) is 0 Å². The molecule has 0 bridgehead atoms. The minimum atomic E-state index is 0.645. The van der Waals surface area contributed by atoms with Gasteiger partial charge in [-0.25, -0.2) is 0 Å². The van der Waals surface area contributed by atoms with Crippen molar-refractivity contribution in [1.29, 1.82) is 0 Å². The van der Waals surface area contributed by atoms with E-state index in [1.807, 2.05) is 0 Å². The van der Waals surface area contributed by atoms with Crippen LogP contribution in [0.3, 0.4) is 0 Å². The highest BCUT2D eigenvalue weighted by Crippen LogP contribution is 2.42. The Labute approximate surface area is 147 Å². The lowest BCUT2D eigenvalue weighted by Crippen LogP contribution is -2.61. The molecule has 0 N–H and O–H groups in total. The highest BCUT2D eigenvalue weighted by atomic mass is 15.2. The maximum Gasteiger partial charge on any atom is 0.0366 e. The van der Waals surface area contributed by atoms with Crippen LogP contribution in [0.15, 0.2) is 24.3 Å². The van der Waals surface area contributed by atoms with E-state index in [2.05, 4.69) is 52.9 Å². The van der Waals surface area contributed by atoms with Gasteiger partial charge in [0.2, 0.25) is 0 Å². The number of hydrogen-bond donors (Lipinski definition) is 0. The molecule has 4 rings (SSSR count). The van der Waals surface area contributed by atoms with Crippen molar-refractivity contribution in [2.24, 2.45) is 11.3 Å². The summed E-state index contributed by atoms with van der Waals surface area (Å²) in [4.78, 5) is 7.82. The standard InChI is InChI=1S/C21H33N3/c1-18-3-5-20(6-4-18)24-13-9-21(10-14-24)16-23(17-21)15-19-7-11-22(2)12-8-19/h3-6,19H,7-17H2,1-2H3. The zero-order valence-corrected chi connectivity index (χ0v) is 15.5. The summed E-state index contributed by atoms with van der Waals surface area (Å²) in [5.41, 5.74) is 3.42. The van der Waals surface area contributed by atoms with E-state index >= 15 is 0 Å². The molecule has 0 aliphatic carbocycles. The fourth-order valence-corrected chi connectivity index (χ4v) is 4.95. The number of anilines is 1. The Morgan fingerprint density at radius 2 is 1.58 bits per heavy atom. The van der Waals surface area contributed by atoms with Gasteiger partial charge in [0.1, 0.15) is 0 Å². The van der Waals surface area contributed by atoms with Crippen molar-refractivity contribution in [3.05, 3.63) is 29.8 Å². The lowest BCUT2D eigenvalue weighted by Gasteiger charge is -2.55. The van der Waals surface area contributed by atoms with Gasteiger partial charge in [0.15, 0.2) is 0 Å². The number of likely N-dealkylation sites (tertiary alicyclic amines) is 2. The van der Waals surface area contributed by atoms with Crippen molar-refractivity contribution >= 4 is 5.69 Å². The number of hydrogen-bond acceptors (Lipinski definition) is 3. The van der Waals surface area contributed by atoms with E-state index in [4.69, 9.17) is 0 Å². The predicted octanol–water partition coefficient (Wildman–Crippen LogP) is 3.24. The van der Waals surface area contributed by atoms with E-state index in [0.29, 0.717) is 5.41 Å². The molecular formula is C21H33N3. The number of piperidine rings is 2. The molecule has 3 aliphatic heterocycles.